The summed E-state index contributed by atoms with van der Waals surface area (Å²) in [7, 11) is 1.79. The zero-order chi connectivity index (χ0) is 12.1. The number of hydrogen-bond acceptors (Lipinski definition) is 3. The summed E-state index contributed by atoms with van der Waals surface area (Å²) in [6.45, 7) is 14.1. The zero-order valence-corrected chi connectivity index (χ0v) is 9.87. The predicted octanol–water partition coefficient (Wildman–Crippen LogP) is 2.05. The van der Waals surface area contributed by atoms with Gasteiger partial charge in [-0.25, -0.2) is 4.79 Å². The first-order valence-electron chi connectivity index (χ1n) is 4.73. The van der Waals surface area contributed by atoms with Gasteiger partial charge >= 0.3 is 5.97 Å². The molecule has 0 aromatic carbocycles. The summed E-state index contributed by atoms with van der Waals surface area (Å²) in [4.78, 5) is 11.0. The molecule has 1 radical (unpaired) electrons. The first-order chi connectivity index (χ1) is 6.72. The summed E-state index contributed by atoms with van der Waals surface area (Å²) in [5.74, 6) is -0.453. The molecule has 0 fully saturated rings. The topological polar surface area (TPSA) is 35.5 Å². The van der Waals surface area contributed by atoms with Crippen molar-refractivity contribution in [2.45, 2.75) is 38.7 Å². The zero-order valence-electron chi connectivity index (χ0n) is 9.87. The number of esters is 1. The molecular formula is C11H18BO3. The Morgan fingerprint density at radius 1 is 1.20 bits per heavy atom. The molecule has 0 unspecified atom stereocenters. The van der Waals surface area contributed by atoms with Crippen molar-refractivity contribution in [1.82, 2.24) is 0 Å². The Bertz CT molecular complexity index is 257. The third kappa shape index (κ3) is 5.99. The van der Waals surface area contributed by atoms with E-state index >= 15 is 0 Å². The molecule has 0 aliphatic heterocycles. The normalized spacial score (nSPS) is 11.5. The Morgan fingerprint density at radius 2 is 1.73 bits per heavy atom. The van der Waals surface area contributed by atoms with Crippen molar-refractivity contribution in [2.75, 3.05) is 0 Å². The average Bonchev–Trinajstić information content (AvgIpc) is 2.00. The summed E-state index contributed by atoms with van der Waals surface area (Å²) < 4.78 is 10.4. The van der Waals surface area contributed by atoms with Crippen LogP contribution in [0.1, 0.15) is 27.7 Å². The third-order valence-corrected chi connectivity index (χ3v) is 1.61. The Kier molecular flexibility index (Phi) is 4.65. The molecule has 3 nitrogen and oxygen atoms in total. The SMILES string of the molecule is C=COC(C)(C)[B]C(C)(C)OC(=O)C=C. The van der Waals surface area contributed by atoms with Crippen LogP contribution in [-0.2, 0) is 14.3 Å². The second kappa shape index (κ2) is 5.05. The number of rotatable bonds is 6. The fourth-order valence-corrected chi connectivity index (χ4v) is 1.42. The van der Waals surface area contributed by atoms with Gasteiger partial charge in [0.25, 0.3) is 0 Å². The molecule has 0 atom stereocenters. The van der Waals surface area contributed by atoms with Crippen molar-refractivity contribution in [1.29, 1.82) is 0 Å². The van der Waals surface area contributed by atoms with Gasteiger partial charge in [-0.1, -0.05) is 13.2 Å². The predicted molar refractivity (Wildman–Crippen MR) is 61.5 cm³/mol. The van der Waals surface area contributed by atoms with Gasteiger partial charge in [-0.3, -0.25) is 0 Å². The minimum atomic E-state index is -0.711. The maximum Gasteiger partial charge on any atom is 0.329 e. The molecule has 0 rings (SSSR count). The van der Waals surface area contributed by atoms with Gasteiger partial charge in [0.2, 0.25) is 7.28 Å². The quantitative estimate of drug-likeness (QED) is 0.290. The van der Waals surface area contributed by atoms with E-state index in [9.17, 15) is 4.79 Å². The maximum atomic E-state index is 11.0. The van der Waals surface area contributed by atoms with Crippen molar-refractivity contribution < 1.29 is 14.3 Å². The molecule has 0 N–H and O–H groups in total. The summed E-state index contributed by atoms with van der Waals surface area (Å²) in [5, 5.41) is 0. The second-order valence-electron chi connectivity index (χ2n) is 4.26. The average molecular weight is 209 g/mol. The lowest BCUT2D eigenvalue weighted by Crippen LogP contribution is -2.47. The fraction of sp³-hybridized carbons (Fsp3) is 0.545. The second-order valence-corrected chi connectivity index (χ2v) is 4.26. The maximum absolute atomic E-state index is 11.0. The minimum absolute atomic E-state index is 0.453. The molecule has 0 bridgehead atoms. The van der Waals surface area contributed by atoms with E-state index in [-0.39, 0.29) is 0 Å². The van der Waals surface area contributed by atoms with Crippen LogP contribution >= 0.6 is 0 Å². The van der Waals surface area contributed by atoms with E-state index in [0.717, 1.165) is 6.08 Å². The van der Waals surface area contributed by atoms with E-state index in [0.29, 0.717) is 0 Å². The summed E-state index contributed by atoms with van der Waals surface area (Å²) in [5.41, 5.74) is -1.25. The monoisotopic (exact) mass is 209 g/mol. The molecule has 15 heavy (non-hydrogen) atoms. The van der Waals surface area contributed by atoms with Crippen LogP contribution in [0, 0.1) is 0 Å². The Labute approximate surface area is 92.4 Å². The van der Waals surface area contributed by atoms with E-state index in [4.69, 9.17) is 9.47 Å². The van der Waals surface area contributed by atoms with Gasteiger partial charge in [-0.15, -0.1) is 0 Å². The first kappa shape index (κ1) is 13.8. The molecule has 0 saturated heterocycles. The molecule has 0 aliphatic carbocycles. The highest BCUT2D eigenvalue weighted by Gasteiger charge is 2.34. The van der Waals surface area contributed by atoms with Crippen LogP contribution in [0.4, 0.5) is 0 Å². The van der Waals surface area contributed by atoms with Gasteiger partial charge in [0.15, 0.2) is 0 Å². The van der Waals surface area contributed by atoms with E-state index in [1.54, 1.807) is 21.1 Å². The molecule has 0 aromatic heterocycles. The Hall–Kier alpha value is -1.19. The smallest absolute Gasteiger partial charge is 0.329 e. The summed E-state index contributed by atoms with van der Waals surface area (Å²) in [6.07, 6.45) is 2.50. The van der Waals surface area contributed by atoms with E-state index in [1.807, 2.05) is 13.8 Å². The van der Waals surface area contributed by atoms with Crippen LogP contribution in [-0.4, -0.2) is 24.2 Å². The first-order valence-corrected chi connectivity index (χ1v) is 4.73. The van der Waals surface area contributed by atoms with E-state index < -0.39 is 17.0 Å². The minimum Gasteiger partial charge on any atom is -0.505 e. The van der Waals surface area contributed by atoms with Crippen molar-refractivity contribution in [3.05, 3.63) is 25.5 Å². The van der Waals surface area contributed by atoms with Gasteiger partial charge in [0.1, 0.15) is 0 Å². The third-order valence-electron chi connectivity index (χ3n) is 1.61. The van der Waals surface area contributed by atoms with Gasteiger partial charge in [-0.05, 0) is 27.7 Å². The molecule has 0 amide bonds. The van der Waals surface area contributed by atoms with Gasteiger partial charge in [0.05, 0.1) is 17.3 Å². The van der Waals surface area contributed by atoms with Crippen LogP contribution < -0.4 is 0 Å². The lowest BCUT2D eigenvalue weighted by atomic mass is 9.51. The highest BCUT2D eigenvalue weighted by atomic mass is 16.6. The van der Waals surface area contributed by atoms with Crippen LogP contribution in [0.15, 0.2) is 25.5 Å². The summed E-state index contributed by atoms with van der Waals surface area (Å²) in [6, 6.07) is 0. The molecule has 0 saturated carbocycles. The lowest BCUT2D eigenvalue weighted by Gasteiger charge is -2.32. The van der Waals surface area contributed by atoms with Crippen LogP contribution in [0.25, 0.3) is 0 Å². The molecule has 0 aromatic rings. The highest BCUT2D eigenvalue weighted by Crippen LogP contribution is 2.18. The van der Waals surface area contributed by atoms with E-state index in [2.05, 4.69) is 13.2 Å². The number of carbonyl (C=O) groups excluding carboxylic acids is 1. The van der Waals surface area contributed by atoms with Crippen LogP contribution in [0.3, 0.4) is 0 Å². The fourth-order valence-electron chi connectivity index (χ4n) is 1.42. The molecular weight excluding hydrogens is 191 g/mol. The van der Waals surface area contributed by atoms with Crippen LogP contribution in [0.2, 0.25) is 0 Å². The van der Waals surface area contributed by atoms with Crippen molar-refractivity contribution in [3.63, 3.8) is 0 Å². The molecule has 0 aliphatic rings. The van der Waals surface area contributed by atoms with Gasteiger partial charge < -0.3 is 9.47 Å². The van der Waals surface area contributed by atoms with Gasteiger partial charge in [-0.2, -0.15) is 0 Å². The van der Waals surface area contributed by atoms with Crippen molar-refractivity contribution in [2.24, 2.45) is 0 Å². The molecule has 4 heteroatoms. The summed E-state index contributed by atoms with van der Waals surface area (Å²) >= 11 is 0. The van der Waals surface area contributed by atoms with Crippen molar-refractivity contribution in [3.8, 4) is 0 Å². The largest absolute Gasteiger partial charge is 0.505 e. The Morgan fingerprint density at radius 3 is 2.13 bits per heavy atom. The number of hydrogen-bond donors (Lipinski definition) is 0. The molecule has 83 valence electrons. The number of carbonyl (C=O) groups is 1. The molecule has 0 heterocycles. The van der Waals surface area contributed by atoms with Crippen LogP contribution in [0.5, 0.6) is 0 Å². The van der Waals surface area contributed by atoms with Gasteiger partial charge in [0, 0.05) is 6.08 Å². The number of ether oxygens (including phenoxy) is 2. The lowest BCUT2D eigenvalue weighted by molar-refractivity contribution is -0.144. The standard InChI is InChI=1S/C11H18BO3/c1-7-9(13)15-11(5,6)12-10(3,4)14-8-2/h7-8H,1-2H2,3-6H3. The van der Waals surface area contributed by atoms with E-state index in [1.165, 1.54) is 6.26 Å². The Balaban J connectivity index is 4.41. The highest BCUT2D eigenvalue weighted by molar-refractivity contribution is 6.43. The van der Waals surface area contributed by atoms with Crippen molar-refractivity contribution >= 4 is 13.2 Å². The molecule has 0 spiro atoms.